The van der Waals surface area contributed by atoms with E-state index >= 15 is 0 Å². The fourth-order valence-electron chi connectivity index (χ4n) is 1.53. The molecule has 0 fully saturated rings. The summed E-state index contributed by atoms with van der Waals surface area (Å²) >= 11 is 0. The van der Waals surface area contributed by atoms with Crippen LogP contribution in [0.2, 0.25) is 0 Å². The van der Waals surface area contributed by atoms with E-state index in [-0.39, 0.29) is 5.91 Å². The Labute approximate surface area is 70.6 Å². The molecule has 3 heteroatoms. The summed E-state index contributed by atoms with van der Waals surface area (Å²) in [4.78, 5) is 11.0. The van der Waals surface area contributed by atoms with E-state index in [2.05, 4.69) is 5.32 Å². The molecule has 12 heavy (non-hydrogen) atoms. The third kappa shape index (κ3) is 0.942. The number of carbonyl (C=O) groups excluding carboxylic acids is 1. The van der Waals surface area contributed by atoms with Gasteiger partial charge in [0.1, 0.15) is 0 Å². The largest absolute Gasteiger partial charge is 0.381 e. The van der Waals surface area contributed by atoms with Crippen LogP contribution in [0.25, 0.3) is 0 Å². The number of nitrogens with two attached hydrogens (primary N) is 1. The van der Waals surface area contributed by atoms with Crippen molar-refractivity contribution in [1.82, 2.24) is 5.32 Å². The zero-order chi connectivity index (χ0) is 8.55. The fourth-order valence-corrected chi connectivity index (χ4v) is 1.53. The van der Waals surface area contributed by atoms with Gasteiger partial charge in [0.05, 0.1) is 5.70 Å². The highest BCUT2D eigenvalue weighted by molar-refractivity contribution is 5.94. The zero-order valence-corrected chi connectivity index (χ0v) is 6.63. The van der Waals surface area contributed by atoms with Crippen LogP contribution >= 0.6 is 0 Å². The Balaban J connectivity index is 2.44. The molecular formula is C9H10N2O. The third-order valence-electron chi connectivity index (χ3n) is 2.11. The third-order valence-corrected chi connectivity index (χ3v) is 2.11. The molecule has 0 bridgehead atoms. The minimum absolute atomic E-state index is 0.324. The lowest BCUT2D eigenvalue weighted by atomic mass is 9.99. The number of fused-ring (bicyclic) bond motifs is 1. The second-order valence-electron chi connectivity index (χ2n) is 2.86. The molecule has 2 aliphatic rings. The van der Waals surface area contributed by atoms with Gasteiger partial charge in [-0.05, 0) is 12.0 Å². The number of rotatable bonds is 1. The number of nitrogens with one attached hydrogen (secondary N) is 1. The molecule has 0 radical (unpaired) electrons. The second kappa shape index (κ2) is 2.52. The van der Waals surface area contributed by atoms with Crippen molar-refractivity contribution in [3.8, 4) is 0 Å². The van der Waals surface area contributed by atoms with Gasteiger partial charge in [-0.3, -0.25) is 4.79 Å². The predicted molar refractivity (Wildman–Crippen MR) is 46.1 cm³/mol. The van der Waals surface area contributed by atoms with E-state index in [1.807, 2.05) is 18.2 Å². The van der Waals surface area contributed by atoms with Crippen LogP contribution in [-0.2, 0) is 4.79 Å². The SMILES string of the molecule is NC(=O)C1=C2NCC=C2C=CC1. The molecule has 1 amide bonds. The van der Waals surface area contributed by atoms with Gasteiger partial charge in [0.25, 0.3) is 0 Å². The Bertz CT molecular complexity index is 323. The van der Waals surface area contributed by atoms with E-state index < -0.39 is 0 Å². The average molecular weight is 162 g/mol. The van der Waals surface area contributed by atoms with E-state index in [4.69, 9.17) is 5.73 Å². The van der Waals surface area contributed by atoms with Gasteiger partial charge in [-0.2, -0.15) is 0 Å². The number of primary amides is 1. The van der Waals surface area contributed by atoms with Crippen molar-refractivity contribution in [2.24, 2.45) is 5.73 Å². The molecule has 0 saturated heterocycles. The summed E-state index contributed by atoms with van der Waals surface area (Å²) in [6.45, 7) is 0.797. The quantitative estimate of drug-likeness (QED) is 0.579. The van der Waals surface area contributed by atoms with Gasteiger partial charge in [0, 0.05) is 12.1 Å². The summed E-state index contributed by atoms with van der Waals surface area (Å²) in [6, 6.07) is 0. The first kappa shape index (κ1) is 7.16. The van der Waals surface area contributed by atoms with Crippen molar-refractivity contribution in [3.05, 3.63) is 35.1 Å². The van der Waals surface area contributed by atoms with Crippen molar-refractivity contribution in [1.29, 1.82) is 0 Å². The number of amides is 1. The van der Waals surface area contributed by atoms with Gasteiger partial charge < -0.3 is 11.1 Å². The maximum absolute atomic E-state index is 11.0. The molecule has 1 aliphatic heterocycles. The highest BCUT2D eigenvalue weighted by atomic mass is 16.1. The molecule has 1 aliphatic carbocycles. The van der Waals surface area contributed by atoms with Gasteiger partial charge >= 0.3 is 0 Å². The van der Waals surface area contributed by atoms with Crippen LogP contribution in [-0.4, -0.2) is 12.5 Å². The van der Waals surface area contributed by atoms with Crippen LogP contribution in [0.4, 0.5) is 0 Å². The van der Waals surface area contributed by atoms with Gasteiger partial charge in [-0.15, -0.1) is 0 Å². The number of hydrogen-bond donors (Lipinski definition) is 2. The normalized spacial score (nSPS) is 20.2. The Kier molecular flexibility index (Phi) is 1.50. The monoisotopic (exact) mass is 162 g/mol. The standard InChI is InChI=1S/C9H10N2O/c10-9(12)7-3-1-2-6-4-5-11-8(6)7/h1-2,4,11H,3,5H2,(H2,10,12). The lowest BCUT2D eigenvalue weighted by Gasteiger charge is -2.12. The average Bonchev–Trinajstić information content (AvgIpc) is 2.49. The van der Waals surface area contributed by atoms with E-state index in [0.717, 1.165) is 17.8 Å². The molecule has 0 saturated carbocycles. The predicted octanol–water partition coefficient (Wildman–Crippen LogP) is 0.215. The molecule has 2 rings (SSSR count). The molecule has 3 N–H and O–H groups in total. The Morgan fingerprint density at radius 3 is 3.17 bits per heavy atom. The van der Waals surface area contributed by atoms with Gasteiger partial charge in [-0.25, -0.2) is 0 Å². The minimum atomic E-state index is -0.324. The number of carbonyl (C=O) groups is 1. The van der Waals surface area contributed by atoms with Crippen LogP contribution in [0.5, 0.6) is 0 Å². The summed E-state index contributed by atoms with van der Waals surface area (Å²) in [5, 5.41) is 3.12. The van der Waals surface area contributed by atoms with E-state index in [1.165, 1.54) is 0 Å². The Hall–Kier alpha value is -1.51. The number of hydrogen-bond acceptors (Lipinski definition) is 2. The lowest BCUT2D eigenvalue weighted by Crippen LogP contribution is -2.21. The van der Waals surface area contributed by atoms with Gasteiger partial charge in [0.15, 0.2) is 0 Å². The molecule has 0 atom stereocenters. The second-order valence-corrected chi connectivity index (χ2v) is 2.86. The molecule has 62 valence electrons. The van der Waals surface area contributed by atoms with Crippen LogP contribution < -0.4 is 11.1 Å². The first-order valence-corrected chi connectivity index (χ1v) is 3.93. The summed E-state index contributed by atoms with van der Waals surface area (Å²) in [6.07, 6.45) is 6.67. The molecule has 1 heterocycles. The van der Waals surface area contributed by atoms with E-state index in [9.17, 15) is 4.79 Å². The highest BCUT2D eigenvalue weighted by Crippen LogP contribution is 2.24. The van der Waals surface area contributed by atoms with Gasteiger partial charge in [-0.1, -0.05) is 18.2 Å². The molecule has 0 aromatic carbocycles. The molecule has 0 spiro atoms. The zero-order valence-electron chi connectivity index (χ0n) is 6.63. The van der Waals surface area contributed by atoms with Crippen molar-refractivity contribution in [3.63, 3.8) is 0 Å². The Morgan fingerprint density at radius 2 is 2.42 bits per heavy atom. The van der Waals surface area contributed by atoms with Crippen LogP contribution in [0.1, 0.15) is 6.42 Å². The maximum atomic E-state index is 11.0. The van der Waals surface area contributed by atoms with Crippen LogP contribution in [0, 0.1) is 0 Å². The first-order chi connectivity index (χ1) is 5.79. The lowest BCUT2D eigenvalue weighted by molar-refractivity contribution is -0.114. The molecule has 3 nitrogen and oxygen atoms in total. The summed E-state index contributed by atoms with van der Waals surface area (Å²) in [5.74, 6) is -0.324. The smallest absolute Gasteiger partial charge is 0.247 e. The minimum Gasteiger partial charge on any atom is -0.381 e. The Morgan fingerprint density at radius 1 is 1.58 bits per heavy atom. The molecule has 0 unspecified atom stereocenters. The summed E-state index contributed by atoms with van der Waals surface area (Å²) < 4.78 is 0. The van der Waals surface area contributed by atoms with E-state index in [0.29, 0.717) is 12.0 Å². The van der Waals surface area contributed by atoms with Crippen molar-refractivity contribution >= 4 is 5.91 Å². The molecule has 0 aromatic rings. The van der Waals surface area contributed by atoms with Crippen LogP contribution in [0.15, 0.2) is 35.1 Å². The molecule has 0 aromatic heterocycles. The maximum Gasteiger partial charge on any atom is 0.247 e. The summed E-state index contributed by atoms with van der Waals surface area (Å²) in [7, 11) is 0. The van der Waals surface area contributed by atoms with Crippen LogP contribution in [0.3, 0.4) is 0 Å². The van der Waals surface area contributed by atoms with E-state index in [1.54, 1.807) is 0 Å². The van der Waals surface area contributed by atoms with Crippen molar-refractivity contribution in [2.45, 2.75) is 6.42 Å². The topological polar surface area (TPSA) is 55.1 Å². The van der Waals surface area contributed by atoms with Gasteiger partial charge in [0.2, 0.25) is 5.91 Å². The first-order valence-electron chi connectivity index (χ1n) is 3.93. The number of allylic oxidation sites excluding steroid dienone is 2. The summed E-state index contributed by atoms with van der Waals surface area (Å²) in [5.41, 5.74) is 7.93. The van der Waals surface area contributed by atoms with Crippen molar-refractivity contribution in [2.75, 3.05) is 6.54 Å². The molecular weight excluding hydrogens is 152 g/mol. The van der Waals surface area contributed by atoms with Crippen molar-refractivity contribution < 1.29 is 4.79 Å². The fraction of sp³-hybridized carbons (Fsp3) is 0.222. The highest BCUT2D eigenvalue weighted by Gasteiger charge is 2.19.